The zero-order valence-electron chi connectivity index (χ0n) is 12.6. The van der Waals surface area contributed by atoms with E-state index in [9.17, 15) is 9.18 Å². The third kappa shape index (κ3) is 5.14. The lowest BCUT2D eigenvalue weighted by molar-refractivity contribution is 0.0943. The molecule has 0 aliphatic carbocycles. The molecular weight excluding hydrogens is 321 g/mol. The van der Waals surface area contributed by atoms with E-state index < -0.39 is 11.7 Å². The first kappa shape index (κ1) is 17.1. The molecule has 0 saturated carbocycles. The van der Waals surface area contributed by atoms with Crippen LogP contribution < -0.4 is 14.8 Å². The topological polar surface area (TPSA) is 47.6 Å². The molecule has 2 rings (SSSR count). The Balaban J connectivity index is 1.77. The number of rotatable bonds is 7. The van der Waals surface area contributed by atoms with Crippen LogP contribution in [0.1, 0.15) is 17.3 Å². The first-order chi connectivity index (χ1) is 11.1. The summed E-state index contributed by atoms with van der Waals surface area (Å²) < 4.78 is 24.4. The van der Waals surface area contributed by atoms with Crippen molar-refractivity contribution in [2.45, 2.75) is 6.92 Å². The average Bonchev–Trinajstić information content (AvgIpc) is 2.53. The highest BCUT2D eigenvalue weighted by atomic mass is 35.5. The molecule has 2 aromatic rings. The summed E-state index contributed by atoms with van der Waals surface area (Å²) in [4.78, 5) is 11.8. The summed E-state index contributed by atoms with van der Waals surface area (Å²) in [7, 11) is 0. The van der Waals surface area contributed by atoms with E-state index in [0.717, 1.165) is 11.8 Å². The van der Waals surface area contributed by atoms with Crippen LogP contribution in [0.15, 0.2) is 42.5 Å². The van der Waals surface area contributed by atoms with Crippen molar-refractivity contribution in [3.8, 4) is 11.5 Å². The molecule has 0 atom stereocenters. The fraction of sp³-hybridized carbons (Fsp3) is 0.235. The minimum Gasteiger partial charge on any atom is -0.494 e. The summed E-state index contributed by atoms with van der Waals surface area (Å²) in [6, 6.07) is 11.1. The minimum atomic E-state index is -0.651. The van der Waals surface area contributed by atoms with Gasteiger partial charge in [0.2, 0.25) is 0 Å². The molecule has 1 N–H and O–H groups in total. The van der Waals surface area contributed by atoms with E-state index in [4.69, 9.17) is 21.1 Å². The summed E-state index contributed by atoms with van der Waals surface area (Å²) in [5, 5.41) is 2.84. The molecule has 0 unspecified atom stereocenters. The van der Waals surface area contributed by atoms with Crippen LogP contribution in [0, 0.1) is 5.82 Å². The molecule has 0 radical (unpaired) electrons. The van der Waals surface area contributed by atoms with E-state index in [1.807, 2.05) is 6.92 Å². The van der Waals surface area contributed by atoms with Crippen LogP contribution >= 0.6 is 11.6 Å². The Morgan fingerprint density at radius 1 is 1.13 bits per heavy atom. The van der Waals surface area contributed by atoms with Crippen LogP contribution in [0.25, 0.3) is 0 Å². The molecule has 122 valence electrons. The van der Waals surface area contributed by atoms with Crippen LogP contribution in [0.2, 0.25) is 5.02 Å². The molecule has 6 heteroatoms. The van der Waals surface area contributed by atoms with Crippen molar-refractivity contribution < 1.29 is 18.7 Å². The monoisotopic (exact) mass is 337 g/mol. The number of hydrogen-bond donors (Lipinski definition) is 1. The van der Waals surface area contributed by atoms with Crippen molar-refractivity contribution in [3.63, 3.8) is 0 Å². The van der Waals surface area contributed by atoms with E-state index in [0.29, 0.717) is 12.4 Å². The fourth-order valence-corrected chi connectivity index (χ4v) is 2.06. The molecule has 4 nitrogen and oxygen atoms in total. The summed E-state index contributed by atoms with van der Waals surface area (Å²) in [5.74, 6) is 0.281. The van der Waals surface area contributed by atoms with Crippen molar-refractivity contribution in [3.05, 3.63) is 58.9 Å². The third-order valence-electron chi connectivity index (χ3n) is 2.97. The number of carbonyl (C=O) groups is 1. The standard InChI is InChI=1S/C17H17ClFNO3/c1-2-22-13-4-6-14(7-5-13)23-10-9-20-17(21)15-8-3-12(18)11-16(15)19/h3-8,11H,2,9-10H2,1H3,(H,20,21). The van der Waals surface area contributed by atoms with Crippen LogP contribution in [0.3, 0.4) is 0 Å². The van der Waals surface area contributed by atoms with Gasteiger partial charge in [-0.1, -0.05) is 11.6 Å². The average molecular weight is 338 g/mol. The van der Waals surface area contributed by atoms with Gasteiger partial charge in [-0.05, 0) is 49.4 Å². The summed E-state index contributed by atoms with van der Waals surface area (Å²) in [6.45, 7) is 3.05. The minimum absolute atomic E-state index is 0.0459. The molecule has 0 aromatic heterocycles. The van der Waals surface area contributed by atoms with Gasteiger partial charge in [0.15, 0.2) is 0 Å². The Labute approximate surface area is 139 Å². The van der Waals surface area contributed by atoms with Crippen LogP contribution in [-0.4, -0.2) is 25.7 Å². The Kier molecular flexibility index (Phi) is 6.23. The maximum Gasteiger partial charge on any atom is 0.254 e. The molecule has 0 saturated heterocycles. The Morgan fingerprint density at radius 3 is 2.39 bits per heavy atom. The molecule has 0 spiro atoms. The molecule has 0 fully saturated rings. The van der Waals surface area contributed by atoms with Crippen molar-refractivity contribution in [2.24, 2.45) is 0 Å². The molecule has 0 aliphatic rings. The second-order valence-electron chi connectivity index (χ2n) is 4.63. The smallest absolute Gasteiger partial charge is 0.254 e. The van der Waals surface area contributed by atoms with E-state index in [2.05, 4.69) is 5.32 Å². The first-order valence-electron chi connectivity index (χ1n) is 7.19. The molecule has 23 heavy (non-hydrogen) atoms. The number of ether oxygens (including phenoxy) is 2. The third-order valence-corrected chi connectivity index (χ3v) is 3.20. The normalized spacial score (nSPS) is 10.2. The van der Waals surface area contributed by atoms with Gasteiger partial charge >= 0.3 is 0 Å². The second-order valence-corrected chi connectivity index (χ2v) is 5.07. The summed E-state index contributed by atoms with van der Waals surface area (Å²) >= 11 is 5.65. The Bertz CT molecular complexity index is 661. The summed E-state index contributed by atoms with van der Waals surface area (Å²) in [5.41, 5.74) is -0.0459. The van der Waals surface area contributed by atoms with Crippen molar-refractivity contribution in [2.75, 3.05) is 19.8 Å². The van der Waals surface area contributed by atoms with Crippen molar-refractivity contribution in [1.82, 2.24) is 5.32 Å². The molecule has 0 bridgehead atoms. The predicted octanol–water partition coefficient (Wildman–Crippen LogP) is 3.69. The van der Waals surface area contributed by atoms with E-state index in [-0.39, 0.29) is 23.7 Å². The van der Waals surface area contributed by atoms with Gasteiger partial charge in [0, 0.05) is 5.02 Å². The zero-order valence-corrected chi connectivity index (χ0v) is 13.4. The maximum absolute atomic E-state index is 13.6. The van der Waals surface area contributed by atoms with Gasteiger partial charge in [-0.15, -0.1) is 0 Å². The van der Waals surface area contributed by atoms with Crippen molar-refractivity contribution in [1.29, 1.82) is 0 Å². The van der Waals surface area contributed by atoms with Gasteiger partial charge < -0.3 is 14.8 Å². The number of hydrogen-bond acceptors (Lipinski definition) is 3. The van der Waals surface area contributed by atoms with Crippen LogP contribution in [0.4, 0.5) is 4.39 Å². The maximum atomic E-state index is 13.6. The summed E-state index contributed by atoms with van der Waals surface area (Å²) in [6.07, 6.45) is 0. The number of nitrogens with one attached hydrogen (secondary N) is 1. The largest absolute Gasteiger partial charge is 0.494 e. The highest BCUT2D eigenvalue weighted by molar-refractivity contribution is 6.30. The lowest BCUT2D eigenvalue weighted by Gasteiger charge is -2.09. The van der Waals surface area contributed by atoms with Gasteiger partial charge in [-0.2, -0.15) is 0 Å². The van der Waals surface area contributed by atoms with Gasteiger partial charge in [0.05, 0.1) is 18.7 Å². The number of amides is 1. The zero-order chi connectivity index (χ0) is 16.7. The quantitative estimate of drug-likeness (QED) is 0.784. The van der Waals surface area contributed by atoms with Gasteiger partial charge in [-0.3, -0.25) is 4.79 Å². The molecule has 1 amide bonds. The van der Waals surface area contributed by atoms with Gasteiger partial charge in [0.1, 0.15) is 23.9 Å². The Hall–Kier alpha value is -2.27. The van der Waals surface area contributed by atoms with Crippen molar-refractivity contribution >= 4 is 17.5 Å². The van der Waals surface area contributed by atoms with E-state index in [1.54, 1.807) is 24.3 Å². The van der Waals surface area contributed by atoms with Crippen LogP contribution in [-0.2, 0) is 0 Å². The number of carbonyl (C=O) groups excluding carboxylic acids is 1. The highest BCUT2D eigenvalue weighted by Gasteiger charge is 2.11. The lowest BCUT2D eigenvalue weighted by Crippen LogP contribution is -2.28. The molecule has 0 aliphatic heterocycles. The highest BCUT2D eigenvalue weighted by Crippen LogP contribution is 2.17. The molecular formula is C17H17ClFNO3. The number of halogens is 2. The number of benzene rings is 2. The fourth-order valence-electron chi connectivity index (χ4n) is 1.90. The first-order valence-corrected chi connectivity index (χ1v) is 7.57. The molecule has 0 heterocycles. The van der Waals surface area contributed by atoms with Gasteiger partial charge in [-0.25, -0.2) is 4.39 Å². The van der Waals surface area contributed by atoms with Crippen LogP contribution in [0.5, 0.6) is 11.5 Å². The van der Waals surface area contributed by atoms with E-state index >= 15 is 0 Å². The second kappa shape index (κ2) is 8.39. The molecule has 2 aromatic carbocycles. The Morgan fingerprint density at radius 2 is 1.78 bits per heavy atom. The predicted molar refractivity (Wildman–Crippen MR) is 86.8 cm³/mol. The van der Waals surface area contributed by atoms with E-state index in [1.165, 1.54) is 12.1 Å². The van der Waals surface area contributed by atoms with Gasteiger partial charge in [0.25, 0.3) is 5.91 Å². The SMILES string of the molecule is CCOc1ccc(OCCNC(=O)c2ccc(Cl)cc2F)cc1. The lowest BCUT2D eigenvalue weighted by atomic mass is 10.2.